The van der Waals surface area contributed by atoms with Crippen LogP contribution in [0.5, 0.6) is 0 Å². The van der Waals surface area contributed by atoms with E-state index in [0.29, 0.717) is 0 Å². The number of hydrogen-bond donors (Lipinski definition) is 0. The lowest BCUT2D eigenvalue weighted by Gasteiger charge is -2.24. The molecule has 1 aromatic carbocycles. The molecule has 0 bridgehead atoms. The minimum atomic E-state index is -0.241. The van der Waals surface area contributed by atoms with Crippen molar-refractivity contribution in [2.45, 2.75) is 52.1 Å². The molecule has 28 heavy (non-hydrogen) atoms. The maximum Gasteiger partial charge on any atom is 0.123 e. The Hall–Kier alpha value is -2.47. The predicted molar refractivity (Wildman–Crippen MR) is 109 cm³/mol. The summed E-state index contributed by atoms with van der Waals surface area (Å²) in [7, 11) is 2.23. The molecule has 6 heteroatoms. The first-order valence-electron chi connectivity index (χ1n) is 10.1. The highest BCUT2D eigenvalue weighted by Gasteiger charge is 2.21. The zero-order valence-corrected chi connectivity index (χ0v) is 16.9. The average molecular weight is 381 g/mol. The Labute approximate surface area is 165 Å². The second-order valence-corrected chi connectivity index (χ2v) is 7.83. The first-order chi connectivity index (χ1) is 13.5. The van der Waals surface area contributed by atoms with Crippen LogP contribution in [-0.4, -0.2) is 43.9 Å². The Morgan fingerprint density at radius 2 is 1.86 bits per heavy atom. The number of rotatable bonds is 6. The van der Waals surface area contributed by atoms with Crippen LogP contribution in [0.25, 0.3) is 16.9 Å². The van der Waals surface area contributed by atoms with Gasteiger partial charge in [0.25, 0.3) is 0 Å². The Morgan fingerprint density at radius 1 is 1.14 bits per heavy atom. The van der Waals surface area contributed by atoms with Gasteiger partial charge in [-0.2, -0.15) is 5.10 Å². The molecular formula is C22H28FN5. The summed E-state index contributed by atoms with van der Waals surface area (Å²) in [5.74, 6) is -0.241. The van der Waals surface area contributed by atoms with Crippen molar-refractivity contribution in [3.05, 3.63) is 54.0 Å². The molecule has 5 nitrogen and oxygen atoms in total. The minimum absolute atomic E-state index is 0.241. The second kappa shape index (κ2) is 7.87. The van der Waals surface area contributed by atoms with Crippen molar-refractivity contribution in [2.24, 2.45) is 0 Å². The van der Waals surface area contributed by atoms with Gasteiger partial charge in [-0.3, -0.25) is 0 Å². The summed E-state index contributed by atoms with van der Waals surface area (Å²) < 4.78 is 17.4. The normalized spacial score (nSPS) is 15.0. The fourth-order valence-electron chi connectivity index (χ4n) is 4.35. The van der Waals surface area contributed by atoms with Gasteiger partial charge in [-0.15, -0.1) is 0 Å². The first-order valence-corrected chi connectivity index (χ1v) is 10.1. The molecule has 2 aromatic heterocycles. The number of likely N-dealkylation sites (N-methyl/N-ethyl adjacent to an activating group) is 1. The Kier molecular flexibility index (Phi) is 5.31. The number of benzene rings is 1. The SMILES string of the molecule is Cc1nn(-c2ccc(F)cc2)c(C)c1-c1cncn1CCN(C)C1CCCC1. The lowest BCUT2D eigenvalue weighted by Crippen LogP contribution is -2.32. The summed E-state index contributed by atoms with van der Waals surface area (Å²) in [6, 6.07) is 7.17. The van der Waals surface area contributed by atoms with Crippen LogP contribution in [0.1, 0.15) is 37.1 Å². The summed E-state index contributed by atoms with van der Waals surface area (Å²) >= 11 is 0. The van der Waals surface area contributed by atoms with Gasteiger partial charge in [0.15, 0.2) is 0 Å². The van der Waals surface area contributed by atoms with Crippen LogP contribution in [-0.2, 0) is 6.54 Å². The van der Waals surface area contributed by atoms with Gasteiger partial charge in [0.1, 0.15) is 5.82 Å². The molecule has 0 radical (unpaired) electrons. The lowest BCUT2D eigenvalue weighted by molar-refractivity contribution is 0.237. The maximum absolute atomic E-state index is 13.3. The minimum Gasteiger partial charge on any atom is -0.329 e. The molecule has 4 rings (SSSR count). The molecule has 1 aliphatic carbocycles. The first kappa shape index (κ1) is 18.9. The van der Waals surface area contributed by atoms with Gasteiger partial charge in [0.05, 0.1) is 35.3 Å². The van der Waals surface area contributed by atoms with Crippen molar-refractivity contribution >= 4 is 0 Å². The van der Waals surface area contributed by atoms with E-state index in [-0.39, 0.29) is 5.82 Å². The maximum atomic E-state index is 13.3. The molecule has 1 saturated carbocycles. The van der Waals surface area contributed by atoms with E-state index in [4.69, 9.17) is 5.10 Å². The highest BCUT2D eigenvalue weighted by atomic mass is 19.1. The van der Waals surface area contributed by atoms with Gasteiger partial charge in [-0.05, 0) is 58.0 Å². The van der Waals surface area contributed by atoms with E-state index < -0.39 is 0 Å². The highest BCUT2D eigenvalue weighted by Crippen LogP contribution is 2.29. The van der Waals surface area contributed by atoms with E-state index >= 15 is 0 Å². The van der Waals surface area contributed by atoms with Crippen LogP contribution in [0.4, 0.5) is 4.39 Å². The van der Waals surface area contributed by atoms with Gasteiger partial charge in [-0.25, -0.2) is 14.1 Å². The summed E-state index contributed by atoms with van der Waals surface area (Å²) in [5.41, 5.74) is 5.04. The molecule has 0 unspecified atom stereocenters. The summed E-state index contributed by atoms with van der Waals surface area (Å²) in [5, 5.41) is 4.71. The third-order valence-corrected chi connectivity index (χ3v) is 5.97. The third kappa shape index (κ3) is 3.61. The number of imidazole rings is 1. The van der Waals surface area contributed by atoms with Crippen molar-refractivity contribution in [1.82, 2.24) is 24.2 Å². The lowest BCUT2D eigenvalue weighted by atomic mass is 10.1. The predicted octanol–water partition coefficient (Wildman–Crippen LogP) is 4.37. The van der Waals surface area contributed by atoms with E-state index in [9.17, 15) is 4.39 Å². The topological polar surface area (TPSA) is 38.9 Å². The zero-order valence-electron chi connectivity index (χ0n) is 16.9. The Bertz CT molecular complexity index is 934. The van der Waals surface area contributed by atoms with Gasteiger partial charge < -0.3 is 9.47 Å². The Morgan fingerprint density at radius 3 is 2.57 bits per heavy atom. The molecule has 0 atom stereocenters. The van der Waals surface area contributed by atoms with E-state index in [1.807, 2.05) is 24.1 Å². The summed E-state index contributed by atoms with van der Waals surface area (Å²) in [4.78, 5) is 6.89. The second-order valence-electron chi connectivity index (χ2n) is 7.83. The number of nitrogens with zero attached hydrogens (tertiary/aromatic N) is 5. The summed E-state index contributed by atoms with van der Waals surface area (Å²) in [6.07, 6.45) is 9.16. The van der Waals surface area contributed by atoms with Gasteiger partial charge in [0.2, 0.25) is 0 Å². The van der Waals surface area contributed by atoms with E-state index in [0.717, 1.165) is 47.5 Å². The van der Waals surface area contributed by atoms with Gasteiger partial charge in [0, 0.05) is 24.7 Å². The molecule has 0 spiro atoms. The monoisotopic (exact) mass is 381 g/mol. The summed E-state index contributed by atoms with van der Waals surface area (Å²) in [6.45, 7) is 5.99. The molecule has 0 aliphatic heterocycles. The Balaban J connectivity index is 1.58. The standard InChI is InChI=1S/C22H28FN5/c1-16-22(17(2)28(25-16)20-10-8-18(23)9-11-20)21-14-24-15-27(21)13-12-26(3)19-6-4-5-7-19/h8-11,14-15,19H,4-7,12-13H2,1-3H3. The number of halogens is 1. The molecular weight excluding hydrogens is 353 g/mol. The average Bonchev–Trinajstić information content (AvgIpc) is 3.42. The molecule has 2 heterocycles. The molecule has 3 aromatic rings. The smallest absolute Gasteiger partial charge is 0.123 e. The van der Waals surface area contributed by atoms with Crippen LogP contribution in [0, 0.1) is 19.7 Å². The van der Waals surface area contributed by atoms with Crippen molar-refractivity contribution in [3.8, 4) is 16.9 Å². The molecule has 148 valence electrons. The highest BCUT2D eigenvalue weighted by molar-refractivity contribution is 5.65. The van der Waals surface area contributed by atoms with Crippen LogP contribution >= 0.6 is 0 Å². The van der Waals surface area contributed by atoms with Crippen LogP contribution < -0.4 is 0 Å². The van der Waals surface area contributed by atoms with Crippen molar-refractivity contribution < 1.29 is 4.39 Å². The van der Waals surface area contributed by atoms with Crippen LogP contribution in [0.15, 0.2) is 36.8 Å². The van der Waals surface area contributed by atoms with Gasteiger partial charge in [-0.1, -0.05) is 12.8 Å². The quantitative estimate of drug-likeness (QED) is 0.637. The van der Waals surface area contributed by atoms with Crippen molar-refractivity contribution in [2.75, 3.05) is 13.6 Å². The molecule has 0 amide bonds. The van der Waals surface area contributed by atoms with Crippen molar-refractivity contribution in [3.63, 3.8) is 0 Å². The number of aryl methyl sites for hydroxylation is 1. The van der Waals surface area contributed by atoms with Gasteiger partial charge >= 0.3 is 0 Å². The largest absolute Gasteiger partial charge is 0.329 e. The number of hydrogen-bond acceptors (Lipinski definition) is 3. The molecule has 1 aliphatic rings. The fraction of sp³-hybridized carbons (Fsp3) is 0.455. The van der Waals surface area contributed by atoms with E-state index in [2.05, 4.69) is 28.4 Å². The molecule has 1 fully saturated rings. The number of aromatic nitrogens is 4. The molecule has 0 saturated heterocycles. The van der Waals surface area contributed by atoms with Crippen molar-refractivity contribution in [1.29, 1.82) is 0 Å². The van der Waals surface area contributed by atoms with E-state index in [1.165, 1.54) is 37.8 Å². The molecule has 0 N–H and O–H groups in total. The van der Waals surface area contributed by atoms with Crippen LogP contribution in [0.2, 0.25) is 0 Å². The fourth-order valence-corrected chi connectivity index (χ4v) is 4.35. The third-order valence-electron chi connectivity index (χ3n) is 5.97. The van der Waals surface area contributed by atoms with Crippen LogP contribution in [0.3, 0.4) is 0 Å². The van der Waals surface area contributed by atoms with E-state index in [1.54, 1.807) is 12.1 Å². The zero-order chi connectivity index (χ0) is 19.7.